The molecule has 1 aliphatic rings. The Bertz CT molecular complexity index is 1230. The molecule has 1 aliphatic heterocycles. The summed E-state index contributed by atoms with van der Waals surface area (Å²) in [6, 6.07) is 21.3. The van der Waals surface area contributed by atoms with Gasteiger partial charge in [0.2, 0.25) is 0 Å². The molecule has 1 fully saturated rings. The van der Waals surface area contributed by atoms with Crippen molar-refractivity contribution in [3.63, 3.8) is 0 Å². The largest absolute Gasteiger partial charge is 0.490 e. The lowest BCUT2D eigenvalue weighted by Crippen LogP contribution is -2.27. The Morgan fingerprint density at radius 1 is 1.00 bits per heavy atom. The number of benzene rings is 3. The van der Waals surface area contributed by atoms with Crippen LogP contribution in [0.2, 0.25) is 0 Å². The molecule has 1 saturated heterocycles. The van der Waals surface area contributed by atoms with Gasteiger partial charge in [-0.1, -0.05) is 42.5 Å². The Labute approximate surface area is 224 Å². The van der Waals surface area contributed by atoms with Gasteiger partial charge in [-0.05, 0) is 104 Å². The summed E-state index contributed by atoms with van der Waals surface area (Å²) in [5.41, 5.74) is 2.69. The van der Waals surface area contributed by atoms with Crippen molar-refractivity contribution in [2.45, 2.75) is 20.1 Å². The van der Waals surface area contributed by atoms with Crippen LogP contribution in [-0.2, 0) is 17.9 Å². The normalized spacial score (nSPS) is 14.7. The monoisotopic (exact) mass is 649 g/mol. The number of halogens is 2. The van der Waals surface area contributed by atoms with E-state index in [0.717, 1.165) is 32.0 Å². The third-order valence-corrected chi connectivity index (χ3v) is 7.20. The molecule has 0 aliphatic carbocycles. The van der Waals surface area contributed by atoms with E-state index in [1.165, 1.54) is 4.90 Å². The SMILES string of the molecule is CCOc1cc(/C=C2/SC(=O)N(Cc3ccc(I)cc3)C2=O)cc(Br)c1OCc1ccccc1. The van der Waals surface area contributed by atoms with E-state index in [9.17, 15) is 9.59 Å². The second-order valence-electron chi connectivity index (χ2n) is 7.43. The number of nitrogens with zero attached hydrogens (tertiary/aromatic N) is 1. The Morgan fingerprint density at radius 3 is 2.44 bits per heavy atom. The molecule has 0 N–H and O–H groups in total. The predicted octanol–water partition coefficient (Wildman–Crippen LogP) is 7.27. The average Bonchev–Trinajstić information content (AvgIpc) is 3.08. The Kier molecular flexibility index (Phi) is 8.33. The first-order chi connectivity index (χ1) is 16.4. The van der Waals surface area contributed by atoms with Crippen LogP contribution < -0.4 is 9.47 Å². The molecule has 4 rings (SSSR count). The predicted molar refractivity (Wildman–Crippen MR) is 147 cm³/mol. The first-order valence-corrected chi connectivity index (χ1v) is 13.3. The van der Waals surface area contributed by atoms with Gasteiger partial charge >= 0.3 is 0 Å². The van der Waals surface area contributed by atoms with Crippen molar-refractivity contribution >= 4 is 67.5 Å². The average molecular weight is 650 g/mol. The molecule has 0 unspecified atom stereocenters. The van der Waals surface area contributed by atoms with Crippen molar-refractivity contribution in [2.75, 3.05) is 6.61 Å². The minimum absolute atomic E-state index is 0.249. The van der Waals surface area contributed by atoms with E-state index in [0.29, 0.717) is 34.1 Å². The quantitative estimate of drug-likeness (QED) is 0.190. The summed E-state index contributed by atoms with van der Waals surface area (Å²) in [7, 11) is 0. The summed E-state index contributed by atoms with van der Waals surface area (Å²) in [6.07, 6.45) is 1.72. The molecule has 34 heavy (non-hydrogen) atoms. The van der Waals surface area contributed by atoms with Gasteiger partial charge in [-0.2, -0.15) is 0 Å². The van der Waals surface area contributed by atoms with E-state index < -0.39 is 0 Å². The van der Waals surface area contributed by atoms with Gasteiger partial charge in [0.15, 0.2) is 11.5 Å². The van der Waals surface area contributed by atoms with Crippen LogP contribution in [0, 0.1) is 3.57 Å². The lowest BCUT2D eigenvalue weighted by atomic mass is 10.1. The maximum Gasteiger partial charge on any atom is 0.293 e. The van der Waals surface area contributed by atoms with E-state index in [-0.39, 0.29) is 17.7 Å². The molecule has 0 aromatic heterocycles. The zero-order valence-electron chi connectivity index (χ0n) is 18.3. The fraction of sp³-hybridized carbons (Fsp3) is 0.154. The van der Waals surface area contributed by atoms with Gasteiger partial charge in [0.1, 0.15) is 6.61 Å². The van der Waals surface area contributed by atoms with Gasteiger partial charge in [0.25, 0.3) is 11.1 Å². The van der Waals surface area contributed by atoms with Crippen molar-refractivity contribution < 1.29 is 19.1 Å². The van der Waals surface area contributed by atoms with Crippen LogP contribution in [0.3, 0.4) is 0 Å². The summed E-state index contributed by atoms with van der Waals surface area (Å²) in [6.45, 7) is 3.01. The standard InChI is InChI=1S/C26H21BrINO4S/c1-2-32-22-13-19(12-21(27)24(22)33-16-18-6-4-3-5-7-18)14-23-25(30)29(26(31)34-23)15-17-8-10-20(28)11-9-17/h3-14H,2,15-16H2,1H3/b23-14+. The van der Waals surface area contributed by atoms with E-state index in [1.54, 1.807) is 6.08 Å². The fourth-order valence-electron chi connectivity index (χ4n) is 3.36. The third kappa shape index (κ3) is 6.03. The van der Waals surface area contributed by atoms with Gasteiger partial charge in [0.05, 0.1) is 22.5 Å². The lowest BCUT2D eigenvalue weighted by Gasteiger charge is -2.15. The summed E-state index contributed by atoms with van der Waals surface area (Å²) in [4.78, 5) is 27.1. The summed E-state index contributed by atoms with van der Waals surface area (Å²) in [5.74, 6) is 0.860. The summed E-state index contributed by atoms with van der Waals surface area (Å²) >= 11 is 6.74. The first kappa shape index (κ1) is 24.8. The van der Waals surface area contributed by atoms with Crippen molar-refractivity contribution in [3.8, 4) is 11.5 Å². The zero-order chi connectivity index (χ0) is 24.1. The highest BCUT2D eigenvalue weighted by atomic mass is 127. The first-order valence-electron chi connectivity index (χ1n) is 10.6. The Hall–Kier alpha value is -2.30. The number of thioether (sulfide) groups is 1. The van der Waals surface area contributed by atoms with Crippen molar-refractivity contribution in [1.82, 2.24) is 4.90 Å². The molecule has 0 bridgehead atoms. The summed E-state index contributed by atoms with van der Waals surface area (Å²) in [5, 5.41) is -0.276. The van der Waals surface area contributed by atoms with Crippen LogP contribution >= 0.6 is 50.3 Å². The number of carbonyl (C=O) groups excluding carboxylic acids is 2. The maximum absolute atomic E-state index is 13.0. The molecule has 0 spiro atoms. The van der Waals surface area contributed by atoms with E-state index in [4.69, 9.17) is 9.47 Å². The van der Waals surface area contributed by atoms with Gasteiger partial charge in [-0.3, -0.25) is 14.5 Å². The molecule has 174 valence electrons. The Balaban J connectivity index is 1.55. The second kappa shape index (κ2) is 11.4. The molecule has 5 nitrogen and oxygen atoms in total. The molecule has 0 atom stereocenters. The fourth-order valence-corrected chi connectivity index (χ4v) is 5.14. The number of hydrogen-bond acceptors (Lipinski definition) is 5. The topological polar surface area (TPSA) is 55.8 Å². The van der Waals surface area contributed by atoms with Gasteiger partial charge in [0, 0.05) is 3.57 Å². The molecule has 1 heterocycles. The van der Waals surface area contributed by atoms with E-state index >= 15 is 0 Å². The van der Waals surface area contributed by atoms with Crippen molar-refractivity contribution in [3.05, 3.63) is 96.4 Å². The number of rotatable bonds is 8. The lowest BCUT2D eigenvalue weighted by molar-refractivity contribution is -0.123. The van der Waals surface area contributed by atoms with Crippen molar-refractivity contribution in [1.29, 1.82) is 0 Å². The van der Waals surface area contributed by atoms with Gasteiger partial charge in [-0.15, -0.1) is 0 Å². The molecule has 2 amide bonds. The van der Waals surface area contributed by atoms with Crippen LogP contribution in [0.1, 0.15) is 23.6 Å². The highest BCUT2D eigenvalue weighted by Crippen LogP contribution is 2.40. The van der Waals surface area contributed by atoms with Crippen LogP contribution in [0.5, 0.6) is 11.5 Å². The second-order valence-corrected chi connectivity index (χ2v) is 10.5. The highest BCUT2D eigenvalue weighted by molar-refractivity contribution is 14.1. The number of hydrogen-bond donors (Lipinski definition) is 0. The highest BCUT2D eigenvalue weighted by Gasteiger charge is 2.35. The number of ether oxygens (including phenoxy) is 2. The van der Waals surface area contributed by atoms with Crippen LogP contribution in [0.15, 0.2) is 76.1 Å². The zero-order valence-corrected chi connectivity index (χ0v) is 22.9. The minimum Gasteiger partial charge on any atom is -0.490 e. The van der Waals surface area contributed by atoms with Crippen LogP contribution in [-0.4, -0.2) is 22.7 Å². The van der Waals surface area contributed by atoms with Crippen molar-refractivity contribution in [2.24, 2.45) is 0 Å². The molecule has 0 radical (unpaired) electrons. The van der Waals surface area contributed by atoms with Gasteiger partial charge < -0.3 is 9.47 Å². The molecular weight excluding hydrogens is 629 g/mol. The molecule has 0 saturated carbocycles. The third-order valence-electron chi connectivity index (χ3n) is 4.98. The van der Waals surface area contributed by atoms with E-state index in [2.05, 4.69) is 38.5 Å². The molecule has 8 heteroatoms. The maximum atomic E-state index is 13.0. The van der Waals surface area contributed by atoms with E-state index in [1.807, 2.05) is 73.7 Å². The van der Waals surface area contributed by atoms with Crippen LogP contribution in [0.4, 0.5) is 4.79 Å². The van der Waals surface area contributed by atoms with Gasteiger partial charge in [-0.25, -0.2) is 0 Å². The Morgan fingerprint density at radius 2 is 1.74 bits per heavy atom. The minimum atomic E-state index is -0.299. The number of imide groups is 1. The molecule has 3 aromatic rings. The smallest absolute Gasteiger partial charge is 0.293 e. The molecule has 3 aromatic carbocycles. The summed E-state index contributed by atoms with van der Waals surface area (Å²) < 4.78 is 13.7. The number of carbonyl (C=O) groups is 2. The molecular formula is C26H21BrINO4S. The van der Waals surface area contributed by atoms with Crippen LogP contribution in [0.25, 0.3) is 6.08 Å². The number of amides is 2.